The molecule has 2 amide bonds. The molecule has 1 aliphatic carbocycles. The molecule has 35 heavy (non-hydrogen) atoms. The lowest BCUT2D eigenvalue weighted by Crippen LogP contribution is -2.53. The third-order valence-corrected chi connectivity index (χ3v) is 7.50. The molecule has 0 aromatic heterocycles. The molecule has 190 valence electrons. The van der Waals surface area contributed by atoms with Crippen LogP contribution in [0.4, 0.5) is 10.1 Å². The first-order valence-corrected chi connectivity index (χ1v) is 13.8. The van der Waals surface area contributed by atoms with Gasteiger partial charge in [0.25, 0.3) is 0 Å². The van der Waals surface area contributed by atoms with Crippen molar-refractivity contribution in [3.63, 3.8) is 0 Å². The number of nitrogens with one attached hydrogen (secondary N) is 1. The van der Waals surface area contributed by atoms with E-state index in [2.05, 4.69) is 5.32 Å². The van der Waals surface area contributed by atoms with Crippen molar-refractivity contribution >= 4 is 27.5 Å². The predicted octanol–water partition coefficient (Wildman–Crippen LogP) is 3.77. The molecule has 9 heteroatoms. The second-order valence-corrected chi connectivity index (χ2v) is 11.1. The number of aryl methyl sites for hydroxylation is 1. The molecule has 3 rings (SSSR count). The largest absolute Gasteiger partial charge is 0.352 e. The van der Waals surface area contributed by atoms with E-state index in [4.69, 9.17) is 0 Å². The standard InChI is InChI=1S/C26H34FN3O4S/c1-4-24(26(32)28-22-7-5-6-8-22)29(17-20-11-13-21(27)14-12-20)25(31)18-30(35(3,33)34)23-15-9-19(2)10-16-23/h9-16,22,24H,4-8,17-18H2,1-3H3,(H,28,32)/t24-/m1/s1. The van der Waals surface area contributed by atoms with Crippen LogP contribution in [-0.2, 0) is 26.2 Å². The lowest BCUT2D eigenvalue weighted by Gasteiger charge is -2.33. The first-order chi connectivity index (χ1) is 16.6. The van der Waals surface area contributed by atoms with Crippen LogP contribution in [0.2, 0.25) is 0 Å². The van der Waals surface area contributed by atoms with E-state index in [1.165, 1.54) is 17.0 Å². The molecule has 1 fully saturated rings. The Morgan fingerprint density at radius 2 is 1.66 bits per heavy atom. The number of carbonyl (C=O) groups is 2. The number of amides is 2. The second-order valence-electron chi connectivity index (χ2n) is 9.17. The molecule has 2 aromatic carbocycles. The molecule has 0 bridgehead atoms. The first kappa shape index (κ1) is 26.7. The molecule has 1 N–H and O–H groups in total. The Bertz CT molecular complexity index is 1110. The van der Waals surface area contributed by atoms with E-state index in [0.717, 1.165) is 41.8 Å². The van der Waals surface area contributed by atoms with Gasteiger partial charge in [-0.3, -0.25) is 13.9 Å². The summed E-state index contributed by atoms with van der Waals surface area (Å²) in [4.78, 5) is 28.2. The minimum atomic E-state index is -3.77. The quantitative estimate of drug-likeness (QED) is 0.535. The van der Waals surface area contributed by atoms with E-state index in [0.29, 0.717) is 17.7 Å². The van der Waals surface area contributed by atoms with E-state index in [1.54, 1.807) is 36.4 Å². The summed E-state index contributed by atoms with van der Waals surface area (Å²) in [5.74, 6) is -1.16. The fourth-order valence-corrected chi connectivity index (χ4v) is 5.25. The zero-order valence-electron chi connectivity index (χ0n) is 20.5. The Hall–Kier alpha value is -2.94. The molecule has 1 aliphatic rings. The Morgan fingerprint density at radius 3 is 2.20 bits per heavy atom. The minimum Gasteiger partial charge on any atom is -0.352 e. The van der Waals surface area contributed by atoms with Crippen LogP contribution in [0.15, 0.2) is 48.5 Å². The Morgan fingerprint density at radius 1 is 1.06 bits per heavy atom. The molecule has 0 spiro atoms. The number of hydrogen-bond acceptors (Lipinski definition) is 4. The average molecular weight is 504 g/mol. The van der Waals surface area contributed by atoms with E-state index in [-0.39, 0.29) is 18.5 Å². The fourth-order valence-electron chi connectivity index (χ4n) is 4.40. The van der Waals surface area contributed by atoms with Gasteiger partial charge in [0.2, 0.25) is 21.8 Å². The molecular formula is C26H34FN3O4S. The highest BCUT2D eigenvalue weighted by Gasteiger charge is 2.33. The summed E-state index contributed by atoms with van der Waals surface area (Å²) in [6.07, 6.45) is 5.33. The topological polar surface area (TPSA) is 86.8 Å². The minimum absolute atomic E-state index is 0.0568. The number of carbonyl (C=O) groups excluding carboxylic acids is 2. The number of anilines is 1. The summed E-state index contributed by atoms with van der Waals surface area (Å²) in [5, 5.41) is 3.06. The average Bonchev–Trinajstić information content (AvgIpc) is 3.31. The molecule has 0 radical (unpaired) electrons. The van der Waals surface area contributed by atoms with Crippen LogP contribution in [0, 0.1) is 12.7 Å². The van der Waals surface area contributed by atoms with Crippen molar-refractivity contribution in [1.29, 1.82) is 0 Å². The van der Waals surface area contributed by atoms with Crippen molar-refractivity contribution in [3.05, 3.63) is 65.5 Å². The molecule has 0 heterocycles. The highest BCUT2D eigenvalue weighted by atomic mass is 32.2. The monoisotopic (exact) mass is 503 g/mol. The van der Waals surface area contributed by atoms with Gasteiger partial charge in [-0.1, -0.05) is 49.6 Å². The van der Waals surface area contributed by atoms with Gasteiger partial charge in [0.05, 0.1) is 11.9 Å². The predicted molar refractivity (Wildman–Crippen MR) is 135 cm³/mol. The van der Waals surface area contributed by atoms with E-state index in [1.807, 2.05) is 13.8 Å². The van der Waals surface area contributed by atoms with Gasteiger partial charge in [-0.2, -0.15) is 0 Å². The normalized spacial score (nSPS) is 15.0. The van der Waals surface area contributed by atoms with Gasteiger partial charge in [0.15, 0.2) is 0 Å². The van der Waals surface area contributed by atoms with Gasteiger partial charge in [0, 0.05) is 12.6 Å². The van der Waals surface area contributed by atoms with Crippen LogP contribution in [0.3, 0.4) is 0 Å². The Kier molecular flexibility index (Phi) is 8.88. The summed E-state index contributed by atoms with van der Waals surface area (Å²) in [7, 11) is -3.77. The summed E-state index contributed by atoms with van der Waals surface area (Å²) in [5.41, 5.74) is 1.98. The molecule has 7 nitrogen and oxygen atoms in total. The first-order valence-electron chi connectivity index (χ1n) is 12.0. The molecule has 0 aliphatic heterocycles. The number of nitrogens with zero attached hydrogens (tertiary/aromatic N) is 2. The van der Waals surface area contributed by atoms with Gasteiger partial charge in [-0.05, 0) is 56.0 Å². The van der Waals surface area contributed by atoms with E-state index >= 15 is 0 Å². The van der Waals surface area contributed by atoms with Crippen LogP contribution in [0.25, 0.3) is 0 Å². The van der Waals surface area contributed by atoms with Crippen LogP contribution in [-0.4, -0.2) is 50.0 Å². The third kappa shape index (κ3) is 7.27. The fraction of sp³-hybridized carbons (Fsp3) is 0.462. The molecule has 0 saturated heterocycles. The van der Waals surface area contributed by atoms with Gasteiger partial charge in [-0.15, -0.1) is 0 Å². The molecule has 2 aromatic rings. The zero-order chi connectivity index (χ0) is 25.6. The van der Waals surface area contributed by atoms with Gasteiger partial charge in [-0.25, -0.2) is 12.8 Å². The van der Waals surface area contributed by atoms with Crippen molar-refractivity contribution in [1.82, 2.24) is 10.2 Å². The van der Waals surface area contributed by atoms with Crippen LogP contribution >= 0.6 is 0 Å². The summed E-state index contributed by atoms with van der Waals surface area (Å²) < 4.78 is 39.7. The number of rotatable bonds is 10. The van der Waals surface area contributed by atoms with Crippen molar-refractivity contribution in [3.8, 4) is 0 Å². The van der Waals surface area contributed by atoms with Crippen molar-refractivity contribution < 1.29 is 22.4 Å². The number of sulfonamides is 1. The van der Waals surface area contributed by atoms with Gasteiger partial charge < -0.3 is 10.2 Å². The zero-order valence-corrected chi connectivity index (χ0v) is 21.4. The van der Waals surface area contributed by atoms with E-state index in [9.17, 15) is 22.4 Å². The van der Waals surface area contributed by atoms with Crippen LogP contribution in [0.5, 0.6) is 0 Å². The van der Waals surface area contributed by atoms with Crippen molar-refractivity contribution in [2.75, 3.05) is 17.1 Å². The maximum Gasteiger partial charge on any atom is 0.244 e. The molecule has 1 atom stereocenters. The van der Waals surface area contributed by atoms with Gasteiger partial charge >= 0.3 is 0 Å². The molecular weight excluding hydrogens is 469 g/mol. The highest BCUT2D eigenvalue weighted by Crippen LogP contribution is 2.22. The highest BCUT2D eigenvalue weighted by molar-refractivity contribution is 7.92. The van der Waals surface area contributed by atoms with Crippen molar-refractivity contribution in [2.45, 2.75) is 64.6 Å². The maximum absolute atomic E-state index is 13.6. The Balaban J connectivity index is 1.90. The van der Waals surface area contributed by atoms with Crippen LogP contribution < -0.4 is 9.62 Å². The lowest BCUT2D eigenvalue weighted by molar-refractivity contribution is -0.140. The van der Waals surface area contributed by atoms with Crippen molar-refractivity contribution in [2.24, 2.45) is 0 Å². The Labute approximate surface area is 207 Å². The second kappa shape index (κ2) is 11.7. The number of benzene rings is 2. The van der Waals surface area contributed by atoms with E-state index < -0.39 is 34.3 Å². The summed E-state index contributed by atoms with van der Waals surface area (Å²) in [6.45, 7) is 3.31. The number of halogens is 1. The van der Waals surface area contributed by atoms with Crippen LogP contribution in [0.1, 0.15) is 50.2 Å². The molecule has 1 saturated carbocycles. The third-order valence-electron chi connectivity index (χ3n) is 6.35. The lowest BCUT2D eigenvalue weighted by atomic mass is 10.1. The maximum atomic E-state index is 13.6. The van der Waals surface area contributed by atoms with Gasteiger partial charge in [0.1, 0.15) is 18.4 Å². The number of hydrogen-bond donors (Lipinski definition) is 1. The molecule has 0 unspecified atom stereocenters. The smallest absolute Gasteiger partial charge is 0.244 e. The summed E-state index contributed by atoms with van der Waals surface area (Å²) >= 11 is 0. The SMILES string of the molecule is CC[C@H](C(=O)NC1CCCC1)N(Cc1ccc(F)cc1)C(=O)CN(c1ccc(C)cc1)S(C)(=O)=O. The summed E-state index contributed by atoms with van der Waals surface area (Å²) in [6, 6.07) is 11.9.